The zero-order chi connectivity index (χ0) is 22.6. The summed E-state index contributed by atoms with van der Waals surface area (Å²) in [6, 6.07) is 15.1. The number of benzene rings is 2. The van der Waals surface area contributed by atoms with Crippen LogP contribution < -0.4 is 10.6 Å². The van der Waals surface area contributed by atoms with E-state index in [9.17, 15) is 19.5 Å². The topological polar surface area (TPSA) is 114 Å². The van der Waals surface area contributed by atoms with Gasteiger partial charge in [0.25, 0.3) is 0 Å². The first-order valence-electron chi connectivity index (χ1n) is 9.61. The molecule has 166 valence electrons. The summed E-state index contributed by atoms with van der Waals surface area (Å²) in [6.45, 7) is -0.0915. The summed E-state index contributed by atoms with van der Waals surface area (Å²) in [4.78, 5) is 36.0. The van der Waals surface area contributed by atoms with Crippen LogP contribution in [-0.2, 0) is 32.1 Å². The average molecular weight is 449 g/mol. The lowest BCUT2D eigenvalue weighted by molar-refractivity contribution is -0.145. The number of halogens is 1. The fourth-order valence-corrected chi connectivity index (χ4v) is 2.96. The maximum atomic E-state index is 12.2. The SMILES string of the molecule is COC(=O)[C@@H](Cc1cccc(Cl)c1)NC(=O)C[C@H](O)CNC(=O)OCc1ccccc1. The Morgan fingerprint density at radius 3 is 2.45 bits per heavy atom. The number of amides is 2. The van der Waals surface area contributed by atoms with Gasteiger partial charge in [0.05, 0.1) is 19.6 Å². The molecule has 0 aliphatic carbocycles. The third-order valence-corrected chi connectivity index (χ3v) is 4.50. The number of carbonyl (C=O) groups excluding carboxylic acids is 3. The van der Waals surface area contributed by atoms with Crippen molar-refractivity contribution >= 4 is 29.6 Å². The molecule has 0 aliphatic heterocycles. The Labute approximate surface area is 185 Å². The van der Waals surface area contributed by atoms with Crippen LogP contribution in [0.15, 0.2) is 54.6 Å². The molecule has 31 heavy (non-hydrogen) atoms. The number of ether oxygens (including phenoxy) is 2. The highest BCUT2D eigenvalue weighted by Crippen LogP contribution is 2.13. The Balaban J connectivity index is 1.77. The molecule has 0 bridgehead atoms. The standard InChI is InChI=1S/C22H25ClN2O6/c1-30-21(28)19(11-16-8-5-9-17(23)10-16)25-20(27)12-18(26)13-24-22(29)31-14-15-6-3-2-4-7-15/h2-10,18-19,26H,11-14H2,1H3,(H,24,29)(H,25,27)/t18-,19+/m0/s1. The van der Waals surface area contributed by atoms with Gasteiger partial charge in [-0.3, -0.25) is 4.79 Å². The minimum atomic E-state index is -1.16. The predicted octanol–water partition coefficient (Wildman–Crippen LogP) is 2.22. The number of carbonyl (C=O) groups is 3. The van der Waals surface area contributed by atoms with Crippen molar-refractivity contribution in [3.8, 4) is 0 Å². The summed E-state index contributed by atoms with van der Waals surface area (Å²) in [5, 5.41) is 15.5. The van der Waals surface area contributed by atoms with Crippen molar-refractivity contribution in [1.29, 1.82) is 0 Å². The molecule has 0 aromatic heterocycles. The molecule has 0 heterocycles. The molecule has 2 amide bonds. The van der Waals surface area contributed by atoms with Gasteiger partial charge in [0.1, 0.15) is 12.6 Å². The molecule has 2 rings (SSSR count). The average Bonchev–Trinajstić information content (AvgIpc) is 2.76. The molecule has 8 nitrogen and oxygen atoms in total. The van der Waals surface area contributed by atoms with E-state index in [0.29, 0.717) is 5.02 Å². The number of hydrogen-bond donors (Lipinski definition) is 3. The van der Waals surface area contributed by atoms with E-state index in [1.807, 2.05) is 30.3 Å². The Hall–Kier alpha value is -3.10. The van der Waals surface area contributed by atoms with Crippen molar-refractivity contribution in [1.82, 2.24) is 10.6 Å². The first-order valence-corrected chi connectivity index (χ1v) is 9.99. The Morgan fingerprint density at radius 2 is 1.77 bits per heavy atom. The van der Waals surface area contributed by atoms with Crippen molar-refractivity contribution in [2.24, 2.45) is 0 Å². The molecule has 2 aromatic rings. The lowest BCUT2D eigenvalue weighted by Gasteiger charge is -2.18. The quantitative estimate of drug-likeness (QED) is 0.480. The number of methoxy groups -OCH3 is 1. The van der Waals surface area contributed by atoms with E-state index in [-0.39, 0.29) is 26.0 Å². The van der Waals surface area contributed by atoms with Crippen LogP contribution in [0.1, 0.15) is 17.5 Å². The third kappa shape index (κ3) is 9.06. The zero-order valence-electron chi connectivity index (χ0n) is 17.0. The fourth-order valence-electron chi connectivity index (χ4n) is 2.75. The Kier molecular flexibility index (Phi) is 9.80. The maximum absolute atomic E-state index is 12.2. The van der Waals surface area contributed by atoms with E-state index in [1.165, 1.54) is 7.11 Å². The van der Waals surface area contributed by atoms with Crippen LogP contribution in [0.5, 0.6) is 0 Å². The van der Waals surface area contributed by atoms with Crippen LogP contribution in [-0.4, -0.2) is 48.9 Å². The second-order valence-electron chi connectivity index (χ2n) is 6.78. The normalized spacial score (nSPS) is 12.4. The Morgan fingerprint density at radius 1 is 1.06 bits per heavy atom. The van der Waals surface area contributed by atoms with E-state index in [4.69, 9.17) is 21.1 Å². The van der Waals surface area contributed by atoms with Gasteiger partial charge in [-0.2, -0.15) is 0 Å². The van der Waals surface area contributed by atoms with Gasteiger partial charge in [0.2, 0.25) is 5.91 Å². The van der Waals surface area contributed by atoms with E-state index in [2.05, 4.69) is 10.6 Å². The highest BCUT2D eigenvalue weighted by molar-refractivity contribution is 6.30. The predicted molar refractivity (Wildman–Crippen MR) is 114 cm³/mol. The lowest BCUT2D eigenvalue weighted by Crippen LogP contribution is -2.45. The summed E-state index contributed by atoms with van der Waals surface area (Å²) in [5.74, 6) is -1.19. The second-order valence-corrected chi connectivity index (χ2v) is 7.21. The molecule has 0 saturated heterocycles. The van der Waals surface area contributed by atoms with Crippen LogP contribution in [0.4, 0.5) is 4.79 Å². The fraction of sp³-hybridized carbons (Fsp3) is 0.318. The van der Waals surface area contributed by atoms with Crippen LogP contribution in [0.25, 0.3) is 0 Å². The Bertz CT molecular complexity index is 877. The molecule has 0 saturated carbocycles. The lowest BCUT2D eigenvalue weighted by atomic mass is 10.1. The summed E-state index contributed by atoms with van der Waals surface area (Å²) < 4.78 is 9.78. The van der Waals surface area contributed by atoms with Crippen molar-refractivity contribution in [3.05, 3.63) is 70.7 Å². The molecule has 2 aromatic carbocycles. The molecule has 0 radical (unpaired) electrons. The molecule has 0 aliphatic rings. The number of alkyl carbamates (subject to hydrolysis) is 1. The summed E-state index contributed by atoms with van der Waals surface area (Å²) in [6.07, 6.45) is -2.01. The molecule has 2 atom stereocenters. The van der Waals surface area contributed by atoms with Crippen LogP contribution in [0.2, 0.25) is 5.02 Å². The van der Waals surface area contributed by atoms with Crippen LogP contribution >= 0.6 is 11.6 Å². The highest BCUT2D eigenvalue weighted by atomic mass is 35.5. The third-order valence-electron chi connectivity index (χ3n) is 4.27. The number of esters is 1. The van der Waals surface area contributed by atoms with Gasteiger partial charge in [-0.25, -0.2) is 9.59 Å². The summed E-state index contributed by atoms with van der Waals surface area (Å²) >= 11 is 5.95. The van der Waals surface area contributed by atoms with Gasteiger partial charge in [0.15, 0.2) is 0 Å². The van der Waals surface area contributed by atoms with Gasteiger partial charge in [-0.05, 0) is 23.3 Å². The van der Waals surface area contributed by atoms with Crippen molar-refractivity contribution in [3.63, 3.8) is 0 Å². The molecular weight excluding hydrogens is 424 g/mol. The minimum absolute atomic E-state index is 0.0908. The second kappa shape index (κ2) is 12.6. The van der Waals surface area contributed by atoms with E-state index < -0.39 is 30.1 Å². The summed E-state index contributed by atoms with van der Waals surface area (Å²) in [7, 11) is 1.22. The number of hydrogen-bond acceptors (Lipinski definition) is 6. The smallest absolute Gasteiger partial charge is 0.407 e. The first-order chi connectivity index (χ1) is 14.9. The molecule has 0 unspecified atom stereocenters. The van der Waals surface area contributed by atoms with Gasteiger partial charge < -0.3 is 25.2 Å². The monoisotopic (exact) mass is 448 g/mol. The number of aliphatic hydroxyl groups is 1. The van der Waals surface area contributed by atoms with Crippen molar-refractivity contribution < 1.29 is 29.0 Å². The number of rotatable bonds is 10. The van der Waals surface area contributed by atoms with Crippen molar-refractivity contribution in [2.75, 3.05) is 13.7 Å². The van der Waals surface area contributed by atoms with E-state index >= 15 is 0 Å². The first kappa shape index (κ1) is 24.2. The largest absolute Gasteiger partial charge is 0.467 e. The molecule has 9 heteroatoms. The van der Waals surface area contributed by atoms with Crippen molar-refractivity contribution in [2.45, 2.75) is 31.6 Å². The number of aliphatic hydroxyl groups excluding tert-OH is 1. The molecule has 0 spiro atoms. The molecule has 0 fully saturated rings. The van der Waals surface area contributed by atoms with E-state index in [1.54, 1.807) is 24.3 Å². The van der Waals surface area contributed by atoms with Crippen LogP contribution in [0, 0.1) is 0 Å². The van der Waals surface area contributed by atoms with E-state index in [0.717, 1.165) is 11.1 Å². The van der Waals surface area contributed by atoms with Gasteiger partial charge in [-0.1, -0.05) is 54.1 Å². The van der Waals surface area contributed by atoms with Gasteiger partial charge in [-0.15, -0.1) is 0 Å². The minimum Gasteiger partial charge on any atom is -0.467 e. The zero-order valence-corrected chi connectivity index (χ0v) is 17.8. The van der Waals surface area contributed by atoms with Gasteiger partial charge in [0, 0.05) is 18.0 Å². The summed E-state index contributed by atoms with van der Waals surface area (Å²) in [5.41, 5.74) is 1.57. The van der Waals surface area contributed by atoms with Crippen LogP contribution in [0.3, 0.4) is 0 Å². The molecule has 3 N–H and O–H groups in total. The maximum Gasteiger partial charge on any atom is 0.407 e. The van der Waals surface area contributed by atoms with Gasteiger partial charge >= 0.3 is 12.1 Å². The molecular formula is C22H25ClN2O6. The highest BCUT2D eigenvalue weighted by Gasteiger charge is 2.23. The number of nitrogens with one attached hydrogen (secondary N) is 2.